The maximum Gasteiger partial charge on any atom is 0.410 e. The van der Waals surface area contributed by atoms with Gasteiger partial charge < -0.3 is 46.9 Å². The lowest BCUT2D eigenvalue weighted by atomic mass is 9.82. The molecular weight excluding hydrogens is 907 g/mol. The Morgan fingerprint density at radius 3 is 2.45 bits per heavy atom. The number of rotatable bonds is 19. The van der Waals surface area contributed by atoms with Gasteiger partial charge in [-0.05, 0) is 61.7 Å². The van der Waals surface area contributed by atoms with Crippen molar-refractivity contribution in [2.45, 2.75) is 68.5 Å². The largest absolute Gasteiger partial charge is 0.449 e. The molecule has 4 aliphatic rings. The Balaban J connectivity index is 0.705. The molecule has 0 bridgehead atoms. The number of hydrogen-bond acceptors (Lipinski definition) is 19. The molecule has 2 fully saturated rings. The van der Waals surface area contributed by atoms with Crippen molar-refractivity contribution in [2.75, 3.05) is 43.6 Å². The third kappa shape index (κ3) is 9.38. The first-order valence-corrected chi connectivity index (χ1v) is 23.6. The van der Waals surface area contributed by atoms with Gasteiger partial charge in [0.2, 0.25) is 17.5 Å². The molecule has 0 spiro atoms. The summed E-state index contributed by atoms with van der Waals surface area (Å²) in [5, 5.41) is 6.04. The third-order valence-electron chi connectivity index (χ3n) is 12.0. The number of anilines is 2. The van der Waals surface area contributed by atoms with Crippen LogP contribution >= 0.6 is 21.6 Å². The molecular formula is C44H47N11O10S2. The molecule has 4 atom stereocenters. The van der Waals surface area contributed by atoms with Crippen molar-refractivity contribution >= 4 is 79.8 Å². The summed E-state index contributed by atoms with van der Waals surface area (Å²) in [5.74, 6) is -1.31. The predicted molar refractivity (Wildman–Crippen MR) is 246 cm³/mol. The van der Waals surface area contributed by atoms with Gasteiger partial charge in [0.1, 0.15) is 25.0 Å². The number of nitrogens with one attached hydrogen (secondary N) is 3. The second-order valence-electron chi connectivity index (χ2n) is 16.1. The van der Waals surface area contributed by atoms with Crippen LogP contribution in [0.2, 0.25) is 0 Å². The van der Waals surface area contributed by atoms with Crippen LogP contribution in [-0.2, 0) is 41.7 Å². The van der Waals surface area contributed by atoms with E-state index in [4.69, 9.17) is 31.4 Å². The van der Waals surface area contributed by atoms with E-state index in [1.165, 1.54) is 25.1 Å². The molecule has 3 amide bonds. The Morgan fingerprint density at radius 2 is 1.72 bits per heavy atom. The van der Waals surface area contributed by atoms with Crippen molar-refractivity contribution in [2.24, 2.45) is 17.4 Å². The lowest BCUT2D eigenvalue weighted by Crippen LogP contribution is -2.56. The molecule has 0 saturated carbocycles. The van der Waals surface area contributed by atoms with Gasteiger partial charge in [-0.25, -0.2) is 19.6 Å². The number of nitrogens with zero attached hydrogens (tertiary/aromatic N) is 5. The summed E-state index contributed by atoms with van der Waals surface area (Å²) in [4.78, 5) is 108. The van der Waals surface area contributed by atoms with Crippen molar-refractivity contribution in [1.29, 1.82) is 0 Å². The smallest absolute Gasteiger partial charge is 0.410 e. The zero-order valence-electron chi connectivity index (χ0n) is 36.4. The van der Waals surface area contributed by atoms with Crippen molar-refractivity contribution < 1.29 is 43.0 Å². The number of amides is 3. The number of methoxy groups -OCH3 is 1. The van der Waals surface area contributed by atoms with Crippen LogP contribution in [-0.4, -0.2) is 116 Å². The van der Waals surface area contributed by atoms with Crippen LogP contribution in [0.4, 0.5) is 21.2 Å². The van der Waals surface area contributed by atoms with Crippen LogP contribution in [0.25, 0.3) is 11.2 Å². The van der Waals surface area contributed by atoms with Crippen LogP contribution in [0.5, 0.6) is 0 Å². The minimum Gasteiger partial charge on any atom is -0.449 e. The van der Waals surface area contributed by atoms with Gasteiger partial charge in [-0.15, -0.1) is 0 Å². The Labute approximate surface area is 390 Å². The van der Waals surface area contributed by atoms with Gasteiger partial charge in [0.15, 0.2) is 16.9 Å². The lowest BCUT2D eigenvalue weighted by Gasteiger charge is -2.40. The average Bonchev–Trinajstić information content (AvgIpc) is 3.83. The number of hydrogen-bond donors (Lipinski definition) is 6. The Morgan fingerprint density at radius 1 is 0.970 bits per heavy atom. The Kier molecular flexibility index (Phi) is 13.5. The quantitative estimate of drug-likeness (QED) is 0.0341. The normalized spacial score (nSPS) is 20.4. The van der Waals surface area contributed by atoms with Crippen molar-refractivity contribution in [1.82, 2.24) is 35.1 Å². The number of benzene rings is 2. The highest BCUT2D eigenvalue weighted by atomic mass is 33.1. The van der Waals surface area contributed by atoms with Crippen LogP contribution in [0.15, 0.2) is 87.0 Å². The minimum atomic E-state index is -1.39. The third-order valence-corrected chi connectivity index (χ3v) is 14.5. The van der Waals surface area contributed by atoms with Crippen LogP contribution in [0.1, 0.15) is 54.2 Å². The molecule has 2 aromatic heterocycles. The highest BCUT2D eigenvalue weighted by molar-refractivity contribution is 8.76. The number of carbonyl (C=O) groups is 6. The molecule has 0 radical (unpaired) electrons. The molecule has 5 heterocycles. The van der Waals surface area contributed by atoms with E-state index in [2.05, 4.69) is 30.6 Å². The fraction of sp³-hybridized carbons (Fsp3) is 0.364. The number of Topliss-reactive ketones (excluding diaryl/α,β-unsaturated/α-hetero) is 3. The summed E-state index contributed by atoms with van der Waals surface area (Å²) in [6.07, 6.45) is 1.89. The van der Waals surface area contributed by atoms with E-state index in [1.54, 1.807) is 50.8 Å². The predicted octanol–water partition coefficient (Wildman–Crippen LogP) is 2.92. The Bertz CT molecular complexity index is 2780. The van der Waals surface area contributed by atoms with Crippen LogP contribution in [0, 0.1) is 5.92 Å². The van der Waals surface area contributed by atoms with E-state index in [0.717, 1.165) is 21.9 Å². The number of nitrogen functional groups attached to an aromatic ring is 1. The monoisotopic (exact) mass is 953 g/mol. The number of fused-ring (bicyclic) bond motifs is 5. The number of primary amides is 1. The lowest BCUT2D eigenvalue weighted by molar-refractivity contribution is -0.144. The second-order valence-corrected chi connectivity index (χ2v) is 18.6. The summed E-state index contributed by atoms with van der Waals surface area (Å²) in [5.41, 5.74) is 17.9. The van der Waals surface area contributed by atoms with Crippen molar-refractivity contribution in [3.05, 3.63) is 104 Å². The molecule has 2 aromatic carbocycles. The van der Waals surface area contributed by atoms with Crippen LogP contribution in [0.3, 0.4) is 0 Å². The summed E-state index contributed by atoms with van der Waals surface area (Å²) in [6.45, 7) is 1.96. The molecule has 1 aliphatic carbocycles. The molecule has 67 heavy (non-hydrogen) atoms. The van der Waals surface area contributed by atoms with Gasteiger partial charge in [0.25, 0.3) is 11.5 Å². The molecule has 8 rings (SSSR count). The topological polar surface area (TPSA) is 310 Å². The zero-order chi connectivity index (χ0) is 47.6. The Hall–Kier alpha value is -6.98. The minimum absolute atomic E-state index is 0.000525. The van der Waals surface area contributed by atoms with E-state index in [9.17, 15) is 33.6 Å². The highest BCUT2D eigenvalue weighted by Crippen LogP contribution is 2.60. The standard InChI is InChI=1S/C44H47N11O10S2/c1-22-32(45)36(58)31-29(21-64-42(47)61)44(63-2)37-30(19-54(44)34(31)35(22)57)55(37)43(62)65-20-23-7-13-28(14-8-23)67-66-16-4-6-27(56)5-3-15-48-39(59)24-9-11-25(12-10-24)49-17-26-18-50-38-33(51-26)40(60)53-41(46)52-38/h7-14,18,29-30,37,49H,3-6,15-17,19-21,45H2,1-2H3,(H2,47,61)(H,48,59)(H3,46,50,52,53,60)/t29-,30?,37?,44-,55?/m1/s1. The number of piperazine rings is 1. The molecule has 9 N–H and O–H groups in total. The summed E-state index contributed by atoms with van der Waals surface area (Å²) in [7, 11) is 4.62. The van der Waals surface area contributed by atoms with E-state index >= 15 is 0 Å². The fourth-order valence-corrected chi connectivity index (χ4v) is 10.8. The van der Waals surface area contributed by atoms with E-state index in [1.807, 2.05) is 24.3 Å². The van der Waals surface area contributed by atoms with Gasteiger partial charge in [-0.1, -0.05) is 33.7 Å². The van der Waals surface area contributed by atoms with Gasteiger partial charge >= 0.3 is 12.2 Å². The molecule has 21 nitrogen and oxygen atoms in total. The van der Waals surface area contributed by atoms with Crippen molar-refractivity contribution in [3.63, 3.8) is 0 Å². The summed E-state index contributed by atoms with van der Waals surface area (Å²) >= 11 is 0. The van der Waals surface area contributed by atoms with Gasteiger partial charge in [0, 0.05) is 66.1 Å². The fourth-order valence-electron chi connectivity index (χ4n) is 8.73. The van der Waals surface area contributed by atoms with Gasteiger partial charge in [-0.3, -0.25) is 33.9 Å². The molecule has 2 saturated heterocycles. The number of nitrogens with two attached hydrogens (primary N) is 3. The number of aromatic nitrogens is 4. The number of carbonyl (C=O) groups excluding carboxylic acids is 6. The highest BCUT2D eigenvalue weighted by Gasteiger charge is 2.78. The molecule has 4 aromatic rings. The first-order valence-electron chi connectivity index (χ1n) is 21.3. The number of aromatic amines is 1. The van der Waals surface area contributed by atoms with Crippen molar-refractivity contribution in [3.8, 4) is 0 Å². The van der Waals surface area contributed by atoms with Gasteiger partial charge in [0.05, 0.1) is 41.8 Å². The molecule has 2 unspecified atom stereocenters. The number of H-pyrrole nitrogens is 1. The molecule has 3 aliphatic heterocycles. The van der Waals surface area contributed by atoms with E-state index in [-0.39, 0.29) is 83.7 Å². The first kappa shape index (κ1) is 46.5. The first-order chi connectivity index (χ1) is 32.2. The summed E-state index contributed by atoms with van der Waals surface area (Å²) < 4.78 is 16.9. The molecule has 350 valence electrons. The number of ketones is 3. The SMILES string of the molecule is CO[C@]12C3C(CN1C1=C(C(=O)C(N)=C(C)C1=O)[C@H]2COC(N)=O)N3C(=O)OCc1ccc(SSCCCC(=O)CCCNC(=O)c2ccc(NCc3cnc4nc(N)[nH]c(=O)c4n3)cc2)cc1. The number of allylic oxidation sites excluding steroid dienone is 2. The second kappa shape index (κ2) is 19.5. The maximum absolute atomic E-state index is 13.4. The van der Waals surface area contributed by atoms with Gasteiger partial charge in [-0.2, -0.15) is 4.98 Å². The summed E-state index contributed by atoms with van der Waals surface area (Å²) in [6, 6.07) is 13.5. The molecule has 23 heteroatoms. The van der Waals surface area contributed by atoms with E-state index in [0.29, 0.717) is 43.5 Å². The van der Waals surface area contributed by atoms with E-state index < -0.39 is 47.0 Å². The number of ether oxygens (including phenoxy) is 3. The average molecular weight is 954 g/mol. The van der Waals surface area contributed by atoms with Crippen LogP contribution < -0.4 is 33.4 Å². The maximum atomic E-state index is 13.4. The zero-order valence-corrected chi connectivity index (χ0v) is 38.0.